The number of aryl methyl sites for hydroxylation is 2. The minimum atomic E-state index is -0.270. The Morgan fingerprint density at radius 1 is 1.10 bits per heavy atom. The molecule has 0 radical (unpaired) electrons. The zero-order valence-electron chi connectivity index (χ0n) is 16.7. The van der Waals surface area contributed by atoms with Crippen LogP contribution in [0, 0.1) is 13.8 Å². The first kappa shape index (κ1) is 19.0. The van der Waals surface area contributed by atoms with E-state index in [1.165, 1.54) is 40.0 Å². The van der Waals surface area contributed by atoms with Crippen LogP contribution >= 0.6 is 0 Å². The number of hydrogen-bond donors (Lipinski definition) is 0. The van der Waals surface area contributed by atoms with Crippen LogP contribution in [0.25, 0.3) is 11.5 Å². The molecule has 0 N–H and O–H groups in total. The first-order valence-electron chi connectivity index (χ1n) is 9.71. The van der Waals surface area contributed by atoms with Crippen LogP contribution in [-0.4, -0.2) is 46.5 Å². The predicted molar refractivity (Wildman–Crippen MR) is 111 cm³/mol. The molecule has 1 aromatic carbocycles. The van der Waals surface area contributed by atoms with Crippen molar-refractivity contribution in [2.75, 3.05) is 31.1 Å². The van der Waals surface area contributed by atoms with E-state index in [1.807, 2.05) is 4.90 Å². The van der Waals surface area contributed by atoms with E-state index in [1.54, 1.807) is 12.1 Å². The SMILES string of the molecule is Cc1ccc(C)c(N2CCN(C(=O)Cn3cnc(-c4ccco4)cc3=O)CC2)c1. The second kappa shape index (κ2) is 7.95. The Labute approximate surface area is 169 Å². The van der Waals surface area contributed by atoms with Gasteiger partial charge in [-0.25, -0.2) is 4.98 Å². The highest BCUT2D eigenvalue weighted by Gasteiger charge is 2.22. The number of piperazine rings is 1. The molecular weight excluding hydrogens is 368 g/mol. The molecule has 1 fully saturated rings. The highest BCUT2D eigenvalue weighted by atomic mass is 16.3. The molecule has 150 valence electrons. The van der Waals surface area contributed by atoms with E-state index in [0.717, 1.165) is 13.1 Å². The fourth-order valence-electron chi connectivity index (χ4n) is 3.61. The van der Waals surface area contributed by atoms with E-state index < -0.39 is 0 Å². The van der Waals surface area contributed by atoms with Gasteiger partial charge in [-0.2, -0.15) is 0 Å². The number of aromatic nitrogens is 2. The topological polar surface area (TPSA) is 71.6 Å². The number of benzene rings is 1. The summed E-state index contributed by atoms with van der Waals surface area (Å²) in [6.45, 7) is 7.02. The fraction of sp³-hybridized carbons (Fsp3) is 0.318. The van der Waals surface area contributed by atoms with Crippen molar-refractivity contribution in [3.8, 4) is 11.5 Å². The van der Waals surface area contributed by atoms with Gasteiger partial charge in [0.25, 0.3) is 5.56 Å². The van der Waals surface area contributed by atoms with E-state index in [4.69, 9.17) is 4.42 Å². The summed E-state index contributed by atoms with van der Waals surface area (Å²) >= 11 is 0. The highest BCUT2D eigenvalue weighted by Crippen LogP contribution is 2.23. The molecule has 1 aliphatic rings. The Morgan fingerprint density at radius 2 is 1.90 bits per heavy atom. The highest BCUT2D eigenvalue weighted by molar-refractivity contribution is 5.76. The predicted octanol–water partition coefficient (Wildman–Crippen LogP) is 2.47. The van der Waals surface area contributed by atoms with Gasteiger partial charge in [-0.1, -0.05) is 12.1 Å². The van der Waals surface area contributed by atoms with Crippen molar-refractivity contribution in [3.05, 3.63) is 70.5 Å². The maximum Gasteiger partial charge on any atom is 0.254 e. The summed E-state index contributed by atoms with van der Waals surface area (Å²) in [4.78, 5) is 33.4. The van der Waals surface area contributed by atoms with Gasteiger partial charge in [0.1, 0.15) is 12.2 Å². The number of amides is 1. The lowest BCUT2D eigenvalue weighted by Crippen LogP contribution is -2.50. The average Bonchev–Trinajstić information content (AvgIpc) is 3.26. The maximum absolute atomic E-state index is 12.7. The molecule has 7 nitrogen and oxygen atoms in total. The lowest BCUT2D eigenvalue weighted by molar-refractivity contribution is -0.132. The Balaban J connectivity index is 1.39. The van der Waals surface area contributed by atoms with Gasteiger partial charge in [-0.05, 0) is 43.2 Å². The minimum Gasteiger partial charge on any atom is -0.463 e. The van der Waals surface area contributed by atoms with Crippen LogP contribution in [0.15, 0.2) is 58.2 Å². The number of hydrogen-bond acceptors (Lipinski definition) is 5. The number of nitrogens with zero attached hydrogens (tertiary/aromatic N) is 4. The normalized spacial score (nSPS) is 14.3. The van der Waals surface area contributed by atoms with Crippen molar-refractivity contribution in [2.24, 2.45) is 0 Å². The summed E-state index contributed by atoms with van der Waals surface area (Å²) in [5, 5.41) is 0. The van der Waals surface area contributed by atoms with Gasteiger partial charge in [0.2, 0.25) is 5.91 Å². The Morgan fingerprint density at radius 3 is 2.59 bits per heavy atom. The molecule has 1 amide bonds. The van der Waals surface area contributed by atoms with Crippen molar-refractivity contribution in [3.63, 3.8) is 0 Å². The smallest absolute Gasteiger partial charge is 0.254 e. The minimum absolute atomic E-state index is 0.00621. The molecule has 0 aliphatic carbocycles. The number of carbonyl (C=O) groups is 1. The fourth-order valence-corrected chi connectivity index (χ4v) is 3.61. The zero-order valence-corrected chi connectivity index (χ0v) is 16.7. The lowest BCUT2D eigenvalue weighted by atomic mass is 10.1. The van der Waals surface area contributed by atoms with Crippen LogP contribution in [0.2, 0.25) is 0 Å². The first-order valence-corrected chi connectivity index (χ1v) is 9.71. The number of carbonyl (C=O) groups excluding carboxylic acids is 1. The molecule has 0 bridgehead atoms. The van der Waals surface area contributed by atoms with Crippen molar-refractivity contribution in [1.29, 1.82) is 0 Å². The molecule has 7 heteroatoms. The second-order valence-corrected chi connectivity index (χ2v) is 7.38. The molecule has 29 heavy (non-hydrogen) atoms. The molecule has 3 aromatic rings. The molecule has 0 atom stereocenters. The maximum atomic E-state index is 12.7. The monoisotopic (exact) mass is 392 g/mol. The summed E-state index contributed by atoms with van der Waals surface area (Å²) < 4.78 is 6.60. The van der Waals surface area contributed by atoms with E-state index in [0.29, 0.717) is 24.5 Å². The van der Waals surface area contributed by atoms with Gasteiger partial charge in [0.05, 0.1) is 12.6 Å². The van der Waals surface area contributed by atoms with E-state index in [9.17, 15) is 9.59 Å². The van der Waals surface area contributed by atoms with Crippen LogP contribution in [0.1, 0.15) is 11.1 Å². The van der Waals surface area contributed by atoms with Gasteiger partial charge < -0.3 is 14.2 Å². The molecule has 4 rings (SSSR count). The number of anilines is 1. The van der Waals surface area contributed by atoms with Crippen molar-refractivity contribution in [2.45, 2.75) is 20.4 Å². The summed E-state index contributed by atoms with van der Waals surface area (Å²) in [6.07, 6.45) is 2.94. The van der Waals surface area contributed by atoms with Gasteiger partial charge in [-0.15, -0.1) is 0 Å². The van der Waals surface area contributed by atoms with E-state index in [-0.39, 0.29) is 18.0 Å². The summed E-state index contributed by atoms with van der Waals surface area (Å²) in [5.41, 5.74) is 3.89. The first-order chi connectivity index (χ1) is 14.0. The molecule has 0 unspecified atom stereocenters. The molecule has 0 saturated carbocycles. The number of furan rings is 1. The van der Waals surface area contributed by atoms with E-state index in [2.05, 4.69) is 41.9 Å². The third-order valence-electron chi connectivity index (χ3n) is 5.30. The zero-order chi connectivity index (χ0) is 20.4. The van der Waals surface area contributed by atoms with Crippen LogP contribution in [0.3, 0.4) is 0 Å². The van der Waals surface area contributed by atoms with Gasteiger partial charge in [0.15, 0.2) is 5.76 Å². The average molecular weight is 392 g/mol. The third kappa shape index (κ3) is 4.08. The van der Waals surface area contributed by atoms with Gasteiger partial charge in [-0.3, -0.25) is 14.2 Å². The number of rotatable bonds is 4. The molecule has 2 aromatic heterocycles. The molecule has 1 saturated heterocycles. The van der Waals surface area contributed by atoms with Crippen LogP contribution in [0.5, 0.6) is 0 Å². The molecule has 3 heterocycles. The van der Waals surface area contributed by atoms with E-state index >= 15 is 0 Å². The second-order valence-electron chi connectivity index (χ2n) is 7.38. The van der Waals surface area contributed by atoms with Gasteiger partial charge >= 0.3 is 0 Å². The Bertz CT molecular complexity index is 1060. The molecule has 1 aliphatic heterocycles. The summed E-state index contributed by atoms with van der Waals surface area (Å²) in [7, 11) is 0. The van der Waals surface area contributed by atoms with Crippen molar-refractivity contribution >= 4 is 11.6 Å². The summed E-state index contributed by atoms with van der Waals surface area (Å²) in [5.74, 6) is 0.461. The van der Waals surface area contributed by atoms with Crippen LogP contribution in [0.4, 0.5) is 5.69 Å². The molecular formula is C22H24N4O3. The lowest BCUT2D eigenvalue weighted by Gasteiger charge is -2.37. The standard InChI is InChI=1S/C22H24N4O3/c1-16-5-6-17(2)19(12-16)24-7-9-25(10-8-24)22(28)14-26-15-23-18(13-21(26)27)20-4-3-11-29-20/h3-6,11-13,15H,7-10,14H2,1-2H3. The third-order valence-corrected chi connectivity index (χ3v) is 5.30. The van der Waals surface area contributed by atoms with Crippen LogP contribution in [-0.2, 0) is 11.3 Å². The van der Waals surface area contributed by atoms with Crippen molar-refractivity contribution < 1.29 is 9.21 Å². The largest absolute Gasteiger partial charge is 0.463 e. The van der Waals surface area contributed by atoms with Crippen LogP contribution < -0.4 is 10.5 Å². The molecule has 0 spiro atoms. The van der Waals surface area contributed by atoms with Gasteiger partial charge in [0, 0.05) is 37.9 Å². The van der Waals surface area contributed by atoms with Crippen molar-refractivity contribution in [1.82, 2.24) is 14.5 Å². The summed E-state index contributed by atoms with van der Waals surface area (Å²) in [6, 6.07) is 11.3. The quantitative estimate of drug-likeness (QED) is 0.682. The Kier molecular flexibility index (Phi) is 5.20. The Hall–Kier alpha value is -3.35.